The molecule has 2 aromatic rings. The van der Waals surface area contributed by atoms with Crippen LogP contribution in [0, 0.1) is 0 Å². The van der Waals surface area contributed by atoms with E-state index < -0.39 is 0 Å². The Labute approximate surface area is 145 Å². The number of rotatable bonds is 7. The third kappa shape index (κ3) is 4.47. The van der Waals surface area contributed by atoms with E-state index in [-0.39, 0.29) is 6.04 Å². The van der Waals surface area contributed by atoms with E-state index in [0.29, 0.717) is 6.04 Å². The minimum absolute atomic E-state index is 0.276. The fraction of sp³-hybridized carbons (Fsp3) is 0.500. The van der Waals surface area contributed by atoms with E-state index in [1.807, 2.05) is 6.07 Å². The summed E-state index contributed by atoms with van der Waals surface area (Å²) >= 11 is 0. The van der Waals surface area contributed by atoms with Crippen LogP contribution in [0.25, 0.3) is 0 Å². The Morgan fingerprint density at radius 3 is 2.46 bits per heavy atom. The lowest BCUT2D eigenvalue weighted by Crippen LogP contribution is -2.48. The van der Waals surface area contributed by atoms with E-state index in [2.05, 4.69) is 65.4 Å². The molecule has 2 heterocycles. The molecule has 0 amide bonds. The fourth-order valence-corrected chi connectivity index (χ4v) is 3.42. The Morgan fingerprint density at radius 1 is 1.08 bits per heavy atom. The smallest absolute Gasteiger partial charge is 0.122 e. The highest BCUT2D eigenvalue weighted by Crippen LogP contribution is 2.27. The lowest BCUT2D eigenvalue weighted by molar-refractivity contribution is 0.0829. The van der Waals surface area contributed by atoms with Gasteiger partial charge in [-0.2, -0.15) is 0 Å². The number of hydrogen-bond donors (Lipinski definition) is 1. The molecule has 1 fully saturated rings. The molecule has 3 rings (SSSR count). The van der Waals surface area contributed by atoms with Gasteiger partial charge in [-0.1, -0.05) is 30.3 Å². The quantitative estimate of drug-likeness (QED) is 0.847. The third-order valence-corrected chi connectivity index (χ3v) is 4.78. The molecule has 0 saturated carbocycles. The molecule has 24 heavy (non-hydrogen) atoms. The van der Waals surface area contributed by atoms with Crippen molar-refractivity contribution in [2.45, 2.75) is 32.5 Å². The lowest BCUT2D eigenvalue weighted by Gasteiger charge is -2.38. The zero-order valence-corrected chi connectivity index (χ0v) is 14.8. The van der Waals surface area contributed by atoms with Gasteiger partial charge < -0.3 is 9.73 Å². The van der Waals surface area contributed by atoms with E-state index in [0.717, 1.165) is 45.0 Å². The van der Waals surface area contributed by atoms with Gasteiger partial charge in [-0.05, 0) is 31.5 Å². The molecule has 1 saturated heterocycles. The van der Waals surface area contributed by atoms with Gasteiger partial charge in [0.05, 0.1) is 12.3 Å². The zero-order valence-electron chi connectivity index (χ0n) is 14.8. The van der Waals surface area contributed by atoms with Crippen molar-refractivity contribution in [1.82, 2.24) is 15.1 Å². The molecule has 1 aliphatic rings. The summed E-state index contributed by atoms with van der Waals surface area (Å²) in [6.07, 6.45) is 1.79. The van der Waals surface area contributed by atoms with Crippen molar-refractivity contribution >= 4 is 0 Å². The van der Waals surface area contributed by atoms with E-state index in [1.54, 1.807) is 6.26 Å². The Morgan fingerprint density at radius 2 is 1.83 bits per heavy atom. The Bertz CT molecular complexity index is 576. The van der Waals surface area contributed by atoms with Crippen molar-refractivity contribution in [2.24, 2.45) is 0 Å². The maximum atomic E-state index is 5.82. The largest absolute Gasteiger partial charge is 0.468 e. The van der Waals surface area contributed by atoms with Gasteiger partial charge in [0.1, 0.15) is 5.76 Å². The number of benzene rings is 1. The molecular weight excluding hydrogens is 298 g/mol. The van der Waals surface area contributed by atoms with Gasteiger partial charge in [-0.25, -0.2) is 0 Å². The van der Waals surface area contributed by atoms with E-state index in [9.17, 15) is 0 Å². The molecule has 130 valence electrons. The number of piperazine rings is 1. The number of nitrogens with one attached hydrogen (secondary N) is 1. The van der Waals surface area contributed by atoms with E-state index >= 15 is 0 Å². The Kier molecular flexibility index (Phi) is 6.07. The van der Waals surface area contributed by atoms with Crippen molar-refractivity contribution in [3.8, 4) is 0 Å². The van der Waals surface area contributed by atoms with Crippen molar-refractivity contribution in [3.63, 3.8) is 0 Å². The van der Waals surface area contributed by atoms with Gasteiger partial charge in [-0.3, -0.25) is 9.80 Å². The van der Waals surface area contributed by atoms with Gasteiger partial charge in [0.2, 0.25) is 0 Å². The molecular formula is C20H29N3O. The average Bonchev–Trinajstić information content (AvgIpc) is 3.14. The SMILES string of the molecule is CC(C)N(Cc1ccccc1)C(CN1CCNCC1)c1ccco1. The molecule has 1 N–H and O–H groups in total. The minimum atomic E-state index is 0.276. The second kappa shape index (κ2) is 8.47. The minimum Gasteiger partial charge on any atom is -0.468 e. The second-order valence-corrected chi connectivity index (χ2v) is 6.83. The van der Waals surface area contributed by atoms with Crippen LogP contribution >= 0.6 is 0 Å². The van der Waals surface area contributed by atoms with Gasteiger partial charge in [0.15, 0.2) is 0 Å². The van der Waals surface area contributed by atoms with Crippen LogP contribution in [-0.4, -0.2) is 48.6 Å². The summed E-state index contributed by atoms with van der Waals surface area (Å²) in [6.45, 7) is 10.9. The third-order valence-electron chi connectivity index (χ3n) is 4.78. The van der Waals surface area contributed by atoms with Crippen LogP contribution < -0.4 is 5.32 Å². The molecule has 4 heteroatoms. The zero-order chi connectivity index (χ0) is 16.8. The first-order valence-electron chi connectivity index (χ1n) is 9.00. The maximum Gasteiger partial charge on any atom is 0.122 e. The molecule has 1 aromatic carbocycles. The van der Waals surface area contributed by atoms with Crippen molar-refractivity contribution in [1.29, 1.82) is 0 Å². The normalized spacial score (nSPS) is 17.5. The molecule has 0 spiro atoms. The maximum absolute atomic E-state index is 5.82. The van der Waals surface area contributed by atoms with Crippen molar-refractivity contribution < 1.29 is 4.42 Å². The Hall–Kier alpha value is -1.62. The lowest BCUT2D eigenvalue weighted by atomic mass is 10.1. The first kappa shape index (κ1) is 17.2. The van der Waals surface area contributed by atoms with Crippen LogP contribution in [0.3, 0.4) is 0 Å². The van der Waals surface area contributed by atoms with Gasteiger partial charge in [0.25, 0.3) is 0 Å². The van der Waals surface area contributed by atoms with E-state index in [1.165, 1.54) is 5.56 Å². The van der Waals surface area contributed by atoms with Crippen LogP contribution in [0.1, 0.15) is 31.2 Å². The van der Waals surface area contributed by atoms with Crippen molar-refractivity contribution in [3.05, 3.63) is 60.1 Å². The Balaban J connectivity index is 1.80. The first-order chi connectivity index (χ1) is 11.7. The number of furan rings is 1. The molecule has 1 atom stereocenters. The molecule has 1 aromatic heterocycles. The highest BCUT2D eigenvalue weighted by atomic mass is 16.3. The van der Waals surface area contributed by atoms with Crippen LogP contribution in [-0.2, 0) is 6.54 Å². The number of nitrogens with zero attached hydrogens (tertiary/aromatic N) is 2. The monoisotopic (exact) mass is 327 g/mol. The van der Waals surface area contributed by atoms with Crippen molar-refractivity contribution in [2.75, 3.05) is 32.7 Å². The standard InChI is InChI=1S/C20H29N3O/c1-17(2)23(15-18-7-4-3-5-8-18)19(20-9-6-14-24-20)16-22-12-10-21-11-13-22/h3-9,14,17,19,21H,10-13,15-16H2,1-2H3. The van der Waals surface area contributed by atoms with Crippen LogP contribution in [0.5, 0.6) is 0 Å². The van der Waals surface area contributed by atoms with Gasteiger partial charge in [0, 0.05) is 45.3 Å². The summed E-state index contributed by atoms with van der Waals surface area (Å²) in [7, 11) is 0. The summed E-state index contributed by atoms with van der Waals surface area (Å²) in [6, 6.07) is 15.6. The van der Waals surface area contributed by atoms with Crippen LogP contribution in [0.2, 0.25) is 0 Å². The topological polar surface area (TPSA) is 31.6 Å². The molecule has 1 unspecified atom stereocenters. The summed E-state index contributed by atoms with van der Waals surface area (Å²) < 4.78 is 5.82. The average molecular weight is 327 g/mol. The predicted octanol–water partition coefficient (Wildman–Crippen LogP) is 3.14. The molecule has 1 aliphatic heterocycles. The number of hydrogen-bond acceptors (Lipinski definition) is 4. The summed E-state index contributed by atoms with van der Waals surface area (Å²) in [5.74, 6) is 1.07. The second-order valence-electron chi connectivity index (χ2n) is 6.83. The predicted molar refractivity (Wildman–Crippen MR) is 97.9 cm³/mol. The van der Waals surface area contributed by atoms with Crippen LogP contribution in [0.4, 0.5) is 0 Å². The summed E-state index contributed by atoms with van der Waals surface area (Å²) in [5, 5.41) is 3.44. The summed E-state index contributed by atoms with van der Waals surface area (Å²) in [5.41, 5.74) is 1.35. The first-order valence-corrected chi connectivity index (χ1v) is 9.00. The van der Waals surface area contributed by atoms with Gasteiger partial charge in [-0.15, -0.1) is 0 Å². The highest BCUT2D eigenvalue weighted by molar-refractivity contribution is 5.16. The fourth-order valence-electron chi connectivity index (χ4n) is 3.42. The van der Waals surface area contributed by atoms with Crippen LogP contribution in [0.15, 0.2) is 53.1 Å². The molecule has 0 bridgehead atoms. The molecule has 4 nitrogen and oxygen atoms in total. The van der Waals surface area contributed by atoms with Gasteiger partial charge >= 0.3 is 0 Å². The highest BCUT2D eigenvalue weighted by Gasteiger charge is 2.28. The van der Waals surface area contributed by atoms with E-state index in [4.69, 9.17) is 4.42 Å². The summed E-state index contributed by atoms with van der Waals surface area (Å²) in [4.78, 5) is 5.10. The molecule has 0 radical (unpaired) electrons. The molecule has 0 aliphatic carbocycles.